The Bertz CT molecular complexity index is 884. The second-order valence-electron chi connectivity index (χ2n) is 4.94. The van der Waals surface area contributed by atoms with E-state index in [2.05, 4.69) is 31.0 Å². The van der Waals surface area contributed by atoms with Crippen molar-refractivity contribution in [3.8, 4) is 22.6 Å². The molecule has 112 valence electrons. The third-order valence-corrected chi connectivity index (χ3v) is 4.24. The first-order valence-corrected chi connectivity index (χ1v) is 7.95. The number of hydrogen-bond donors (Lipinski definition) is 1. The van der Waals surface area contributed by atoms with Gasteiger partial charge in [0.2, 0.25) is 5.82 Å². The van der Waals surface area contributed by atoms with Crippen LogP contribution in [0.3, 0.4) is 0 Å². The number of hydrogen-bond acceptors (Lipinski definition) is 6. The first-order valence-electron chi connectivity index (χ1n) is 7.07. The van der Waals surface area contributed by atoms with E-state index in [1.165, 1.54) is 0 Å². The maximum absolute atomic E-state index is 4.70. The van der Waals surface area contributed by atoms with Gasteiger partial charge in [-0.25, -0.2) is 4.98 Å². The molecule has 0 radical (unpaired) electrons. The minimum Gasteiger partial charge on any atom is -0.261 e. The van der Waals surface area contributed by atoms with Crippen LogP contribution in [0, 0.1) is 0 Å². The smallest absolute Gasteiger partial charge is 0.204 e. The molecule has 0 spiro atoms. The molecule has 0 aliphatic rings. The van der Waals surface area contributed by atoms with Crippen molar-refractivity contribution >= 4 is 11.3 Å². The quantitative estimate of drug-likeness (QED) is 0.625. The highest BCUT2D eigenvalue weighted by Gasteiger charge is 2.07. The second kappa shape index (κ2) is 6.05. The molecule has 1 aromatic carbocycles. The lowest BCUT2D eigenvalue weighted by Gasteiger charge is -1.99. The normalized spacial score (nSPS) is 10.8. The summed E-state index contributed by atoms with van der Waals surface area (Å²) in [5, 5.41) is 17.1. The van der Waals surface area contributed by atoms with Crippen molar-refractivity contribution in [1.82, 2.24) is 30.6 Å². The highest BCUT2D eigenvalue weighted by molar-refractivity contribution is 7.10. The van der Waals surface area contributed by atoms with Gasteiger partial charge in [-0.15, -0.1) is 21.5 Å². The van der Waals surface area contributed by atoms with Gasteiger partial charge >= 0.3 is 0 Å². The zero-order valence-corrected chi connectivity index (χ0v) is 12.9. The third-order valence-electron chi connectivity index (χ3n) is 3.39. The van der Waals surface area contributed by atoms with Crippen molar-refractivity contribution in [1.29, 1.82) is 0 Å². The molecule has 0 fully saturated rings. The van der Waals surface area contributed by atoms with E-state index in [4.69, 9.17) is 4.98 Å². The van der Waals surface area contributed by atoms with Crippen LogP contribution in [0.5, 0.6) is 0 Å². The third kappa shape index (κ3) is 3.00. The van der Waals surface area contributed by atoms with E-state index in [9.17, 15) is 0 Å². The van der Waals surface area contributed by atoms with Crippen LogP contribution < -0.4 is 0 Å². The number of pyridine rings is 1. The minimum atomic E-state index is 0.589. The van der Waals surface area contributed by atoms with Gasteiger partial charge in [0, 0.05) is 34.8 Å². The van der Waals surface area contributed by atoms with Gasteiger partial charge in [0.05, 0.1) is 10.7 Å². The molecule has 0 aliphatic carbocycles. The predicted octanol–water partition coefficient (Wildman–Crippen LogP) is 2.98. The average molecular weight is 320 g/mol. The van der Waals surface area contributed by atoms with Crippen molar-refractivity contribution < 1.29 is 0 Å². The van der Waals surface area contributed by atoms with E-state index in [-0.39, 0.29) is 0 Å². The number of benzene rings is 1. The first kappa shape index (κ1) is 13.7. The monoisotopic (exact) mass is 320 g/mol. The molecule has 0 bridgehead atoms. The van der Waals surface area contributed by atoms with E-state index in [0.29, 0.717) is 5.82 Å². The minimum absolute atomic E-state index is 0.589. The predicted molar refractivity (Wildman–Crippen MR) is 87.8 cm³/mol. The largest absolute Gasteiger partial charge is 0.261 e. The van der Waals surface area contributed by atoms with Crippen LogP contribution in [0.1, 0.15) is 10.7 Å². The molecule has 4 rings (SSSR count). The molecular formula is C16H12N6S. The molecular weight excluding hydrogens is 308 g/mol. The molecule has 7 heteroatoms. The number of aromatic nitrogens is 6. The standard InChI is InChI=1S/C16H12N6S/c1-2-8-17-13(3-1)9-15-18-14(10-23-15)11-4-6-12(7-5-11)16-19-21-22-20-16/h1-8,10H,9H2,(H,19,20,21,22). The van der Waals surface area contributed by atoms with Crippen LogP contribution in [0.2, 0.25) is 0 Å². The molecule has 23 heavy (non-hydrogen) atoms. The Morgan fingerprint density at radius 3 is 2.61 bits per heavy atom. The second-order valence-corrected chi connectivity index (χ2v) is 5.88. The summed E-state index contributed by atoms with van der Waals surface area (Å²) >= 11 is 1.65. The fourth-order valence-electron chi connectivity index (χ4n) is 2.26. The number of thiazole rings is 1. The Kier molecular flexibility index (Phi) is 3.61. The number of rotatable bonds is 4. The fourth-order valence-corrected chi connectivity index (χ4v) is 3.08. The number of tetrazole rings is 1. The Morgan fingerprint density at radius 2 is 1.87 bits per heavy atom. The van der Waals surface area contributed by atoms with Gasteiger partial charge in [-0.3, -0.25) is 4.98 Å². The summed E-state index contributed by atoms with van der Waals surface area (Å²) in [6, 6.07) is 13.9. The van der Waals surface area contributed by atoms with Crippen LogP contribution in [0.15, 0.2) is 54.0 Å². The van der Waals surface area contributed by atoms with E-state index >= 15 is 0 Å². The summed E-state index contributed by atoms with van der Waals surface area (Å²) in [5.41, 5.74) is 3.99. The van der Waals surface area contributed by atoms with E-state index < -0.39 is 0 Å². The summed E-state index contributed by atoms with van der Waals surface area (Å²) in [6.45, 7) is 0. The van der Waals surface area contributed by atoms with Crippen molar-refractivity contribution in [3.63, 3.8) is 0 Å². The molecule has 0 saturated carbocycles. The van der Waals surface area contributed by atoms with Gasteiger partial charge < -0.3 is 0 Å². The Labute approximate surface area is 136 Å². The van der Waals surface area contributed by atoms with Crippen LogP contribution >= 0.6 is 11.3 Å². The molecule has 6 nitrogen and oxygen atoms in total. The zero-order valence-electron chi connectivity index (χ0n) is 12.0. The molecule has 4 aromatic rings. The van der Waals surface area contributed by atoms with E-state index in [1.54, 1.807) is 17.5 Å². The Morgan fingerprint density at radius 1 is 1.00 bits per heavy atom. The van der Waals surface area contributed by atoms with E-state index in [0.717, 1.165) is 33.9 Å². The summed E-state index contributed by atoms with van der Waals surface area (Å²) in [5.74, 6) is 0.589. The van der Waals surface area contributed by atoms with Gasteiger partial charge in [-0.05, 0) is 17.3 Å². The van der Waals surface area contributed by atoms with Gasteiger partial charge in [0.15, 0.2) is 0 Å². The summed E-state index contributed by atoms with van der Waals surface area (Å²) < 4.78 is 0. The lowest BCUT2D eigenvalue weighted by molar-refractivity contribution is 0.881. The van der Waals surface area contributed by atoms with Gasteiger partial charge in [-0.1, -0.05) is 30.3 Å². The van der Waals surface area contributed by atoms with Crippen LogP contribution in [0.4, 0.5) is 0 Å². The summed E-state index contributed by atoms with van der Waals surface area (Å²) in [4.78, 5) is 9.04. The van der Waals surface area contributed by atoms with Crippen molar-refractivity contribution in [2.45, 2.75) is 6.42 Å². The molecule has 0 saturated heterocycles. The van der Waals surface area contributed by atoms with Crippen LogP contribution in [-0.2, 0) is 6.42 Å². The number of nitrogens with one attached hydrogen (secondary N) is 1. The van der Waals surface area contributed by atoms with Gasteiger partial charge in [0.25, 0.3) is 0 Å². The fraction of sp³-hybridized carbons (Fsp3) is 0.0625. The highest BCUT2D eigenvalue weighted by Crippen LogP contribution is 2.25. The Hall–Kier alpha value is -2.93. The highest BCUT2D eigenvalue weighted by atomic mass is 32.1. The van der Waals surface area contributed by atoms with Crippen molar-refractivity contribution in [3.05, 3.63) is 64.7 Å². The number of H-pyrrole nitrogens is 1. The number of nitrogens with zero attached hydrogens (tertiary/aromatic N) is 5. The lowest BCUT2D eigenvalue weighted by Crippen LogP contribution is -1.90. The van der Waals surface area contributed by atoms with Gasteiger partial charge in [-0.2, -0.15) is 5.21 Å². The molecule has 1 N–H and O–H groups in total. The summed E-state index contributed by atoms with van der Waals surface area (Å²) in [6.07, 6.45) is 2.56. The summed E-state index contributed by atoms with van der Waals surface area (Å²) in [7, 11) is 0. The number of aromatic amines is 1. The van der Waals surface area contributed by atoms with Crippen LogP contribution in [0.25, 0.3) is 22.6 Å². The Balaban J connectivity index is 1.54. The zero-order chi connectivity index (χ0) is 15.5. The molecule has 3 aromatic heterocycles. The van der Waals surface area contributed by atoms with Gasteiger partial charge in [0.1, 0.15) is 0 Å². The topological polar surface area (TPSA) is 80.2 Å². The van der Waals surface area contributed by atoms with Crippen LogP contribution in [-0.4, -0.2) is 30.6 Å². The molecule has 0 unspecified atom stereocenters. The molecule has 3 heterocycles. The molecule has 0 amide bonds. The first-order chi connectivity index (χ1) is 11.4. The van der Waals surface area contributed by atoms with Crippen molar-refractivity contribution in [2.75, 3.05) is 0 Å². The maximum Gasteiger partial charge on any atom is 0.204 e. The SMILES string of the molecule is c1ccc(Cc2nc(-c3ccc(-c4nn[nH]n4)cc3)cs2)nc1. The average Bonchev–Trinajstić information content (AvgIpc) is 3.28. The van der Waals surface area contributed by atoms with Crippen molar-refractivity contribution in [2.24, 2.45) is 0 Å². The maximum atomic E-state index is 4.70. The molecule has 0 aliphatic heterocycles. The lowest BCUT2D eigenvalue weighted by atomic mass is 10.1. The van der Waals surface area contributed by atoms with E-state index in [1.807, 2.05) is 42.5 Å². The molecule has 0 atom stereocenters.